The van der Waals surface area contributed by atoms with E-state index < -0.39 is 0 Å². The van der Waals surface area contributed by atoms with Crippen molar-refractivity contribution in [3.05, 3.63) is 57.4 Å². The first-order valence-corrected chi connectivity index (χ1v) is 9.91. The Balaban J connectivity index is 1.41. The molecule has 2 aliphatic rings. The lowest BCUT2D eigenvalue weighted by atomic mass is 9.93. The number of amides is 1. The largest absolute Gasteiger partial charge is 0.354 e. The third-order valence-electron chi connectivity index (χ3n) is 5.61. The van der Waals surface area contributed by atoms with Gasteiger partial charge in [0.2, 0.25) is 0 Å². The highest BCUT2D eigenvalue weighted by Gasteiger charge is 2.29. The second-order valence-corrected chi connectivity index (χ2v) is 7.89. The van der Waals surface area contributed by atoms with Gasteiger partial charge in [-0.2, -0.15) is 0 Å². The number of H-pyrrole nitrogens is 1. The van der Waals surface area contributed by atoms with E-state index in [9.17, 15) is 9.59 Å². The van der Waals surface area contributed by atoms with Crippen LogP contribution in [-0.4, -0.2) is 52.7 Å². The lowest BCUT2D eigenvalue weighted by Crippen LogP contribution is -2.48. The van der Waals surface area contributed by atoms with Crippen LogP contribution >= 0.6 is 11.6 Å². The molecule has 5 nitrogen and oxygen atoms in total. The average Bonchev–Trinajstić information content (AvgIpc) is 3.00. The number of piperazine rings is 1. The predicted octanol–water partition coefficient (Wildman–Crippen LogP) is 3.45. The van der Waals surface area contributed by atoms with Crippen LogP contribution < -0.4 is 0 Å². The van der Waals surface area contributed by atoms with Crippen molar-refractivity contribution in [2.45, 2.75) is 32.7 Å². The van der Waals surface area contributed by atoms with Crippen molar-refractivity contribution >= 4 is 23.3 Å². The van der Waals surface area contributed by atoms with Gasteiger partial charge in [0.05, 0.1) is 0 Å². The molecule has 4 rings (SSSR count). The lowest BCUT2D eigenvalue weighted by molar-refractivity contribution is 0.0622. The van der Waals surface area contributed by atoms with Crippen molar-refractivity contribution in [3.63, 3.8) is 0 Å². The number of halogens is 1. The van der Waals surface area contributed by atoms with Crippen molar-refractivity contribution < 1.29 is 9.59 Å². The normalized spacial score (nSPS) is 17.9. The molecule has 0 radical (unpaired) electrons. The van der Waals surface area contributed by atoms with Crippen LogP contribution in [0.5, 0.6) is 0 Å². The summed E-state index contributed by atoms with van der Waals surface area (Å²) in [6.07, 6.45) is 2.30. The highest BCUT2D eigenvalue weighted by atomic mass is 35.5. The second-order valence-electron chi connectivity index (χ2n) is 7.45. The summed E-state index contributed by atoms with van der Waals surface area (Å²) in [5.74, 6) is 0.174. The molecule has 0 spiro atoms. The number of aromatic amines is 1. The molecule has 0 saturated carbocycles. The Morgan fingerprint density at radius 3 is 2.67 bits per heavy atom. The monoisotopic (exact) mass is 385 g/mol. The third kappa shape index (κ3) is 3.66. The zero-order valence-corrected chi connectivity index (χ0v) is 16.3. The average molecular weight is 386 g/mol. The Morgan fingerprint density at radius 1 is 1.19 bits per heavy atom. The minimum atomic E-state index is 0.0112. The summed E-state index contributed by atoms with van der Waals surface area (Å²) in [7, 11) is 0. The van der Waals surface area contributed by atoms with Gasteiger partial charge in [0.25, 0.3) is 5.91 Å². The van der Waals surface area contributed by atoms with Gasteiger partial charge in [-0.15, -0.1) is 0 Å². The fraction of sp³-hybridized carbons (Fsp3) is 0.429. The van der Waals surface area contributed by atoms with E-state index in [2.05, 4.69) is 16.0 Å². The van der Waals surface area contributed by atoms with Gasteiger partial charge >= 0.3 is 0 Å². The lowest BCUT2D eigenvalue weighted by Gasteiger charge is -2.34. The molecule has 27 heavy (non-hydrogen) atoms. The predicted molar refractivity (Wildman–Crippen MR) is 105 cm³/mol. The molecule has 1 fully saturated rings. The number of fused-ring (bicyclic) bond motifs is 1. The standard InChI is InChI=1S/C21H24ClN3O2/c1-14-19-17(6-3-7-18(19)26)23-20(14)21(27)25-10-8-24(9-11-25)13-15-4-2-5-16(22)12-15/h2,4-5,12,23H,3,6-11,13H2,1H3. The maximum absolute atomic E-state index is 13.0. The van der Waals surface area contributed by atoms with Crippen molar-refractivity contribution in [2.75, 3.05) is 26.2 Å². The van der Waals surface area contributed by atoms with E-state index in [1.54, 1.807) is 0 Å². The highest BCUT2D eigenvalue weighted by Crippen LogP contribution is 2.27. The smallest absolute Gasteiger partial charge is 0.270 e. The van der Waals surface area contributed by atoms with E-state index in [0.717, 1.165) is 54.3 Å². The van der Waals surface area contributed by atoms with Gasteiger partial charge in [0.15, 0.2) is 5.78 Å². The molecule has 6 heteroatoms. The van der Waals surface area contributed by atoms with Gasteiger partial charge in [-0.3, -0.25) is 14.5 Å². The quantitative estimate of drug-likeness (QED) is 0.880. The summed E-state index contributed by atoms with van der Waals surface area (Å²) in [6, 6.07) is 7.91. The van der Waals surface area contributed by atoms with Crippen LogP contribution in [0.1, 0.15) is 50.5 Å². The summed E-state index contributed by atoms with van der Waals surface area (Å²) < 4.78 is 0. The van der Waals surface area contributed by atoms with E-state index >= 15 is 0 Å². The van der Waals surface area contributed by atoms with Gasteiger partial charge in [0, 0.05) is 55.4 Å². The first kappa shape index (κ1) is 18.3. The molecule has 0 atom stereocenters. The van der Waals surface area contributed by atoms with Crippen molar-refractivity contribution in [2.24, 2.45) is 0 Å². The zero-order valence-electron chi connectivity index (χ0n) is 15.6. The second kappa shape index (κ2) is 7.49. The van der Waals surface area contributed by atoms with Gasteiger partial charge in [-0.1, -0.05) is 23.7 Å². The van der Waals surface area contributed by atoms with E-state index in [-0.39, 0.29) is 11.7 Å². The van der Waals surface area contributed by atoms with E-state index in [1.807, 2.05) is 30.0 Å². The number of nitrogens with zero attached hydrogens (tertiary/aromatic N) is 2. The SMILES string of the molecule is Cc1c(C(=O)N2CCN(Cc3cccc(Cl)c3)CC2)[nH]c2c1C(=O)CCC2. The number of hydrogen-bond donors (Lipinski definition) is 1. The number of benzene rings is 1. The number of aromatic nitrogens is 1. The number of carbonyl (C=O) groups is 2. The Bertz CT molecular complexity index is 882. The van der Waals surface area contributed by atoms with Crippen LogP contribution in [0, 0.1) is 6.92 Å². The van der Waals surface area contributed by atoms with Crippen LogP contribution in [0.4, 0.5) is 0 Å². The van der Waals surface area contributed by atoms with Crippen molar-refractivity contribution in [3.8, 4) is 0 Å². The van der Waals surface area contributed by atoms with Crippen LogP contribution in [0.25, 0.3) is 0 Å². The molecule has 1 N–H and O–H groups in total. The minimum absolute atomic E-state index is 0.0112. The molecular weight excluding hydrogens is 362 g/mol. The topological polar surface area (TPSA) is 56.4 Å². The Morgan fingerprint density at radius 2 is 1.96 bits per heavy atom. The molecule has 1 aromatic heterocycles. The van der Waals surface area contributed by atoms with Gasteiger partial charge in [0.1, 0.15) is 5.69 Å². The van der Waals surface area contributed by atoms with Crippen LogP contribution in [0.3, 0.4) is 0 Å². The molecule has 142 valence electrons. The maximum atomic E-state index is 13.0. The molecule has 1 amide bonds. The minimum Gasteiger partial charge on any atom is -0.354 e. The number of Topliss-reactive ketones (excluding diaryl/α,β-unsaturated/α-hetero) is 1. The summed E-state index contributed by atoms with van der Waals surface area (Å²) in [5.41, 5.74) is 4.30. The summed E-state index contributed by atoms with van der Waals surface area (Å²) in [6.45, 7) is 5.77. The van der Waals surface area contributed by atoms with Gasteiger partial charge in [-0.05, 0) is 43.0 Å². The summed E-state index contributed by atoms with van der Waals surface area (Å²) in [4.78, 5) is 32.7. The number of hydrogen-bond acceptors (Lipinski definition) is 3. The van der Waals surface area contributed by atoms with Gasteiger partial charge < -0.3 is 9.88 Å². The summed E-state index contributed by atoms with van der Waals surface area (Å²) in [5, 5.41) is 0.752. The number of aryl methyl sites for hydroxylation is 1. The number of nitrogens with one attached hydrogen (secondary N) is 1. The molecule has 1 aliphatic carbocycles. The number of carbonyl (C=O) groups excluding carboxylic acids is 2. The molecule has 1 aromatic carbocycles. The van der Waals surface area contributed by atoms with E-state index in [4.69, 9.17) is 11.6 Å². The van der Waals surface area contributed by atoms with Crippen LogP contribution in [-0.2, 0) is 13.0 Å². The molecule has 1 saturated heterocycles. The van der Waals surface area contributed by atoms with Crippen molar-refractivity contribution in [1.82, 2.24) is 14.8 Å². The molecule has 0 unspecified atom stereocenters. The van der Waals surface area contributed by atoms with E-state index in [1.165, 1.54) is 5.56 Å². The van der Waals surface area contributed by atoms with Crippen LogP contribution in [0.15, 0.2) is 24.3 Å². The van der Waals surface area contributed by atoms with Crippen LogP contribution in [0.2, 0.25) is 5.02 Å². The third-order valence-corrected chi connectivity index (χ3v) is 5.84. The molecular formula is C21H24ClN3O2. The molecule has 2 aromatic rings. The van der Waals surface area contributed by atoms with Gasteiger partial charge in [-0.25, -0.2) is 0 Å². The Kier molecular flexibility index (Phi) is 5.06. The Labute approximate surface area is 164 Å². The Hall–Kier alpha value is -2.11. The van der Waals surface area contributed by atoms with E-state index in [0.29, 0.717) is 25.2 Å². The maximum Gasteiger partial charge on any atom is 0.270 e. The highest BCUT2D eigenvalue weighted by molar-refractivity contribution is 6.30. The number of ketones is 1. The van der Waals surface area contributed by atoms with Crippen molar-refractivity contribution in [1.29, 1.82) is 0 Å². The zero-order chi connectivity index (χ0) is 19.0. The molecule has 2 heterocycles. The first-order chi connectivity index (χ1) is 13.0. The fourth-order valence-corrected chi connectivity index (χ4v) is 4.36. The molecule has 0 bridgehead atoms. The summed E-state index contributed by atoms with van der Waals surface area (Å²) >= 11 is 6.06. The number of rotatable bonds is 3. The molecule has 1 aliphatic heterocycles. The first-order valence-electron chi connectivity index (χ1n) is 9.53. The fourth-order valence-electron chi connectivity index (χ4n) is 4.15.